The van der Waals surface area contributed by atoms with Crippen molar-refractivity contribution in [1.82, 2.24) is 0 Å². The molecule has 2 aromatic carbocycles. The summed E-state index contributed by atoms with van der Waals surface area (Å²) in [5, 5.41) is 0. The minimum Gasteiger partial charge on any atom is -0.0654 e. The van der Waals surface area contributed by atoms with Crippen LogP contribution in [0, 0.1) is 0 Å². The van der Waals surface area contributed by atoms with Crippen molar-refractivity contribution in [2.24, 2.45) is 0 Å². The highest BCUT2D eigenvalue weighted by Gasteiger charge is 1.91. The van der Waals surface area contributed by atoms with Gasteiger partial charge >= 0.3 is 0 Å². The van der Waals surface area contributed by atoms with Gasteiger partial charge in [-0.05, 0) is 11.1 Å². The first kappa shape index (κ1) is 14.5. The van der Waals surface area contributed by atoms with Crippen molar-refractivity contribution in [3.05, 3.63) is 60.7 Å². The summed E-state index contributed by atoms with van der Waals surface area (Å²) in [5.41, 5.74) is 2.55. The molecule has 0 spiro atoms. The molecule has 0 amide bonds. The lowest BCUT2D eigenvalue weighted by atomic mass is 10.1. The molecule has 96 valence electrons. The van der Waals surface area contributed by atoms with Crippen molar-refractivity contribution < 1.29 is 0 Å². The lowest BCUT2D eigenvalue weighted by Crippen LogP contribution is -1.73. The van der Waals surface area contributed by atoms with Gasteiger partial charge < -0.3 is 0 Å². The maximum atomic E-state index is 2.23. The van der Waals surface area contributed by atoms with E-state index in [2.05, 4.69) is 62.4 Å². The van der Waals surface area contributed by atoms with Crippen LogP contribution in [0.1, 0.15) is 39.5 Å². The lowest BCUT2D eigenvalue weighted by Gasteiger charge is -1.98. The Morgan fingerprint density at radius 2 is 0.889 bits per heavy atom. The number of hydrogen-bond acceptors (Lipinski definition) is 0. The third-order valence-corrected chi connectivity index (χ3v) is 2.84. The predicted molar refractivity (Wildman–Crippen MR) is 81.7 cm³/mol. The maximum Gasteiger partial charge on any atom is -0.0184 e. The van der Waals surface area contributed by atoms with Gasteiger partial charge in [0.05, 0.1) is 0 Å². The second-order valence-corrected chi connectivity index (χ2v) is 4.44. The molecule has 0 aliphatic rings. The van der Waals surface area contributed by atoms with Crippen LogP contribution < -0.4 is 0 Å². The molecule has 0 saturated heterocycles. The highest BCUT2D eigenvalue weighted by molar-refractivity contribution is 5.62. The molecule has 0 N–H and O–H groups in total. The molecule has 0 saturated carbocycles. The van der Waals surface area contributed by atoms with Crippen LogP contribution in [0.15, 0.2) is 60.7 Å². The normalized spacial score (nSPS) is 9.44. The van der Waals surface area contributed by atoms with E-state index in [1.54, 1.807) is 0 Å². The van der Waals surface area contributed by atoms with Gasteiger partial charge in [0.1, 0.15) is 0 Å². The summed E-state index contributed by atoms with van der Waals surface area (Å²) in [6, 6.07) is 20.8. The molecule has 2 rings (SSSR count). The van der Waals surface area contributed by atoms with E-state index in [-0.39, 0.29) is 0 Å². The maximum absolute atomic E-state index is 2.23. The van der Waals surface area contributed by atoms with Gasteiger partial charge in [-0.3, -0.25) is 0 Å². The first-order chi connectivity index (χ1) is 8.88. The van der Waals surface area contributed by atoms with Gasteiger partial charge in [-0.25, -0.2) is 0 Å². The fraction of sp³-hybridized carbons (Fsp3) is 0.333. The minimum absolute atomic E-state index is 1.28. The van der Waals surface area contributed by atoms with Gasteiger partial charge in [0.15, 0.2) is 0 Å². The van der Waals surface area contributed by atoms with Crippen LogP contribution in [0.5, 0.6) is 0 Å². The molecule has 18 heavy (non-hydrogen) atoms. The Bertz CT molecular complexity index is 347. The topological polar surface area (TPSA) is 0 Å². The van der Waals surface area contributed by atoms with Crippen molar-refractivity contribution in [3.8, 4) is 11.1 Å². The Morgan fingerprint density at radius 1 is 0.556 bits per heavy atom. The smallest absolute Gasteiger partial charge is 0.0184 e. The summed E-state index contributed by atoms with van der Waals surface area (Å²) >= 11 is 0. The monoisotopic (exact) mass is 240 g/mol. The van der Waals surface area contributed by atoms with Crippen molar-refractivity contribution in [2.75, 3.05) is 0 Å². The second-order valence-electron chi connectivity index (χ2n) is 4.44. The molecule has 0 aliphatic heterocycles. The summed E-state index contributed by atoms with van der Waals surface area (Å²) in [4.78, 5) is 0. The highest BCUT2D eigenvalue weighted by Crippen LogP contribution is 2.17. The molecule has 0 heterocycles. The second kappa shape index (κ2) is 9.47. The number of hydrogen-bond donors (Lipinski definition) is 0. The van der Waals surface area contributed by atoms with E-state index >= 15 is 0 Å². The van der Waals surface area contributed by atoms with Gasteiger partial charge in [0, 0.05) is 0 Å². The molecule has 0 radical (unpaired) electrons. The highest BCUT2D eigenvalue weighted by atomic mass is 14.0. The minimum atomic E-state index is 1.28. The Balaban J connectivity index is 0.000000232. The third kappa shape index (κ3) is 5.67. The van der Waals surface area contributed by atoms with Crippen LogP contribution >= 0.6 is 0 Å². The zero-order valence-corrected chi connectivity index (χ0v) is 11.6. The van der Waals surface area contributed by atoms with Crippen LogP contribution in [0.2, 0.25) is 0 Å². The summed E-state index contributed by atoms with van der Waals surface area (Å²) in [5.74, 6) is 0. The number of rotatable bonds is 4. The molecule has 0 atom stereocenters. The van der Waals surface area contributed by atoms with Crippen LogP contribution in [0.3, 0.4) is 0 Å². The SMILES string of the molecule is CCCCCC.c1ccc(-c2ccccc2)cc1. The van der Waals surface area contributed by atoms with E-state index < -0.39 is 0 Å². The average Bonchev–Trinajstić information content (AvgIpc) is 2.48. The van der Waals surface area contributed by atoms with Crippen molar-refractivity contribution in [1.29, 1.82) is 0 Å². The molecule has 2 aromatic rings. The molecule has 0 bridgehead atoms. The van der Waals surface area contributed by atoms with E-state index in [1.165, 1.54) is 36.8 Å². The van der Waals surface area contributed by atoms with Crippen LogP contribution in [-0.2, 0) is 0 Å². The quantitative estimate of drug-likeness (QED) is 0.580. The van der Waals surface area contributed by atoms with E-state index in [4.69, 9.17) is 0 Å². The summed E-state index contributed by atoms with van der Waals surface area (Å²) in [6.07, 6.45) is 5.54. The van der Waals surface area contributed by atoms with Gasteiger partial charge in [0.25, 0.3) is 0 Å². The van der Waals surface area contributed by atoms with E-state index in [0.29, 0.717) is 0 Å². The van der Waals surface area contributed by atoms with E-state index in [0.717, 1.165) is 0 Å². The van der Waals surface area contributed by atoms with Gasteiger partial charge in [0.2, 0.25) is 0 Å². The summed E-state index contributed by atoms with van der Waals surface area (Å²) < 4.78 is 0. The number of unbranched alkanes of at least 4 members (excludes halogenated alkanes) is 3. The fourth-order valence-electron chi connectivity index (χ4n) is 1.76. The first-order valence-corrected chi connectivity index (χ1v) is 6.99. The van der Waals surface area contributed by atoms with Crippen molar-refractivity contribution in [3.63, 3.8) is 0 Å². The van der Waals surface area contributed by atoms with E-state index in [1.807, 2.05) is 12.1 Å². The largest absolute Gasteiger partial charge is 0.0654 e. The zero-order valence-electron chi connectivity index (χ0n) is 11.6. The van der Waals surface area contributed by atoms with E-state index in [9.17, 15) is 0 Å². The average molecular weight is 240 g/mol. The Morgan fingerprint density at radius 3 is 1.17 bits per heavy atom. The molecule has 0 nitrogen and oxygen atoms in total. The van der Waals surface area contributed by atoms with Crippen molar-refractivity contribution >= 4 is 0 Å². The Kier molecular flexibility index (Phi) is 7.63. The van der Waals surface area contributed by atoms with Gasteiger partial charge in [-0.15, -0.1) is 0 Å². The molecule has 0 fully saturated rings. The molecule has 0 aliphatic carbocycles. The Labute approximate surface area is 112 Å². The lowest BCUT2D eigenvalue weighted by molar-refractivity contribution is 0.702. The molecular formula is C18H24. The van der Waals surface area contributed by atoms with Gasteiger partial charge in [-0.1, -0.05) is 100 Å². The molecule has 0 aromatic heterocycles. The molecule has 0 unspecified atom stereocenters. The Hall–Kier alpha value is -1.56. The summed E-state index contributed by atoms with van der Waals surface area (Å²) in [6.45, 7) is 4.46. The molecular weight excluding hydrogens is 216 g/mol. The first-order valence-electron chi connectivity index (χ1n) is 6.99. The third-order valence-electron chi connectivity index (χ3n) is 2.84. The van der Waals surface area contributed by atoms with Crippen LogP contribution in [-0.4, -0.2) is 0 Å². The van der Waals surface area contributed by atoms with Crippen LogP contribution in [0.25, 0.3) is 11.1 Å². The number of benzene rings is 2. The standard InChI is InChI=1S/C12H10.C6H14/c1-3-7-11(8-4-1)12-9-5-2-6-10-12;1-3-5-6-4-2/h1-10H;3-6H2,1-2H3. The predicted octanol–water partition coefficient (Wildman–Crippen LogP) is 5.94. The fourth-order valence-corrected chi connectivity index (χ4v) is 1.76. The zero-order chi connectivity index (χ0) is 13.1. The van der Waals surface area contributed by atoms with Crippen LogP contribution in [0.4, 0.5) is 0 Å². The summed E-state index contributed by atoms with van der Waals surface area (Å²) in [7, 11) is 0. The van der Waals surface area contributed by atoms with Crippen molar-refractivity contribution in [2.45, 2.75) is 39.5 Å². The molecule has 0 heteroatoms. The van der Waals surface area contributed by atoms with Gasteiger partial charge in [-0.2, -0.15) is 0 Å².